The molecule has 5 nitrogen and oxygen atoms in total. The van der Waals surface area contributed by atoms with Crippen LogP contribution in [0.4, 0.5) is 0 Å². The first kappa shape index (κ1) is 17.4. The maximum atomic E-state index is 12.6. The van der Waals surface area contributed by atoms with Crippen LogP contribution in [0.15, 0.2) is 0 Å². The van der Waals surface area contributed by atoms with Gasteiger partial charge in [0.1, 0.15) is 0 Å². The van der Waals surface area contributed by atoms with E-state index >= 15 is 0 Å². The summed E-state index contributed by atoms with van der Waals surface area (Å²) in [7, 11) is 8.33. The molecule has 1 fully saturated rings. The van der Waals surface area contributed by atoms with E-state index in [-0.39, 0.29) is 5.92 Å². The molecule has 0 aromatic rings. The highest BCUT2D eigenvalue weighted by Gasteiger charge is 2.26. The molecule has 1 atom stereocenters. The van der Waals surface area contributed by atoms with Gasteiger partial charge in [-0.1, -0.05) is 0 Å². The first-order valence-electron chi connectivity index (χ1n) is 7.79. The van der Waals surface area contributed by atoms with Gasteiger partial charge in [-0.15, -0.1) is 0 Å². The summed E-state index contributed by atoms with van der Waals surface area (Å²) in [6.45, 7) is 5.71. The van der Waals surface area contributed by atoms with Gasteiger partial charge in [0, 0.05) is 19.6 Å². The summed E-state index contributed by atoms with van der Waals surface area (Å²) in [5.41, 5.74) is 0. The Kier molecular flexibility index (Phi) is 8.11. The predicted octanol–water partition coefficient (Wildman–Crippen LogP) is 0.328. The summed E-state index contributed by atoms with van der Waals surface area (Å²) in [5.74, 6) is 0.557. The molecule has 1 heterocycles. The van der Waals surface area contributed by atoms with Crippen molar-refractivity contribution in [2.45, 2.75) is 19.3 Å². The standard InChI is InChI=1S/C15H32N4O/c1-17(2)9-5-11-19(12-6-10-18(3)4)15(20)14-7-8-16-13-14/h14,16H,5-13H2,1-4H3. The van der Waals surface area contributed by atoms with Crippen LogP contribution >= 0.6 is 0 Å². The minimum absolute atomic E-state index is 0.203. The van der Waals surface area contributed by atoms with Crippen LogP contribution in [0, 0.1) is 5.92 Å². The van der Waals surface area contributed by atoms with Crippen molar-refractivity contribution in [1.82, 2.24) is 20.0 Å². The first-order chi connectivity index (χ1) is 9.50. The van der Waals surface area contributed by atoms with Crippen LogP contribution in [0.2, 0.25) is 0 Å². The minimum atomic E-state index is 0.203. The van der Waals surface area contributed by atoms with Crippen LogP contribution in [0.5, 0.6) is 0 Å². The highest BCUT2D eigenvalue weighted by atomic mass is 16.2. The average molecular weight is 284 g/mol. The molecule has 0 aromatic carbocycles. The first-order valence-corrected chi connectivity index (χ1v) is 7.79. The molecule has 1 amide bonds. The second kappa shape index (κ2) is 9.32. The summed E-state index contributed by atoms with van der Waals surface area (Å²) in [6.07, 6.45) is 3.11. The number of hydrogen-bond acceptors (Lipinski definition) is 4. The molecule has 0 spiro atoms. The van der Waals surface area contributed by atoms with E-state index in [9.17, 15) is 4.79 Å². The SMILES string of the molecule is CN(C)CCCN(CCCN(C)C)C(=O)C1CCNC1. The largest absolute Gasteiger partial charge is 0.342 e. The van der Waals surface area contributed by atoms with E-state index in [0.29, 0.717) is 5.91 Å². The van der Waals surface area contributed by atoms with Crippen molar-refractivity contribution in [3.63, 3.8) is 0 Å². The Morgan fingerprint density at radius 1 is 1.00 bits per heavy atom. The third-order valence-electron chi connectivity index (χ3n) is 3.79. The molecule has 20 heavy (non-hydrogen) atoms. The fraction of sp³-hybridized carbons (Fsp3) is 0.933. The molecule has 0 bridgehead atoms. The van der Waals surface area contributed by atoms with E-state index in [1.165, 1.54) is 0 Å². The van der Waals surface area contributed by atoms with Crippen LogP contribution < -0.4 is 5.32 Å². The Bertz CT molecular complexity index is 261. The Morgan fingerprint density at radius 3 is 1.95 bits per heavy atom. The van der Waals surface area contributed by atoms with E-state index in [0.717, 1.165) is 58.5 Å². The number of hydrogen-bond donors (Lipinski definition) is 1. The average Bonchev–Trinajstić information content (AvgIpc) is 2.89. The second-order valence-electron chi connectivity index (χ2n) is 6.33. The number of nitrogens with one attached hydrogen (secondary N) is 1. The maximum Gasteiger partial charge on any atom is 0.227 e. The molecule has 0 radical (unpaired) electrons. The molecule has 0 saturated carbocycles. The lowest BCUT2D eigenvalue weighted by Gasteiger charge is -2.26. The fourth-order valence-corrected chi connectivity index (χ4v) is 2.61. The molecular weight excluding hydrogens is 252 g/mol. The predicted molar refractivity (Wildman–Crippen MR) is 83.9 cm³/mol. The fourth-order valence-electron chi connectivity index (χ4n) is 2.61. The van der Waals surface area contributed by atoms with Crippen molar-refractivity contribution in [3.8, 4) is 0 Å². The van der Waals surface area contributed by atoms with E-state index in [1.54, 1.807) is 0 Å². The van der Waals surface area contributed by atoms with Crippen molar-refractivity contribution in [2.75, 3.05) is 67.5 Å². The number of amides is 1. The van der Waals surface area contributed by atoms with Crippen molar-refractivity contribution in [1.29, 1.82) is 0 Å². The summed E-state index contributed by atoms with van der Waals surface area (Å²) in [4.78, 5) is 19.0. The molecule has 1 saturated heterocycles. The van der Waals surface area contributed by atoms with Gasteiger partial charge in [0.2, 0.25) is 5.91 Å². The molecule has 1 rings (SSSR count). The maximum absolute atomic E-state index is 12.6. The highest BCUT2D eigenvalue weighted by Crippen LogP contribution is 2.12. The monoisotopic (exact) mass is 284 g/mol. The van der Waals surface area contributed by atoms with Crippen molar-refractivity contribution >= 4 is 5.91 Å². The van der Waals surface area contributed by atoms with Gasteiger partial charge in [-0.2, -0.15) is 0 Å². The summed E-state index contributed by atoms with van der Waals surface area (Å²) in [5, 5.41) is 3.29. The van der Waals surface area contributed by atoms with E-state index < -0.39 is 0 Å². The van der Waals surface area contributed by atoms with E-state index in [1.807, 2.05) is 0 Å². The Labute approximate surface area is 124 Å². The molecule has 5 heteroatoms. The van der Waals surface area contributed by atoms with Gasteiger partial charge in [0.15, 0.2) is 0 Å². The molecule has 118 valence electrons. The van der Waals surface area contributed by atoms with Gasteiger partial charge >= 0.3 is 0 Å². The molecule has 0 aromatic heterocycles. The summed E-state index contributed by atoms with van der Waals surface area (Å²) >= 11 is 0. The number of nitrogens with zero attached hydrogens (tertiary/aromatic N) is 3. The van der Waals surface area contributed by atoms with Crippen molar-refractivity contribution in [3.05, 3.63) is 0 Å². The zero-order valence-electron chi connectivity index (χ0n) is 13.7. The zero-order chi connectivity index (χ0) is 15.0. The number of carbonyl (C=O) groups excluding carboxylic acids is 1. The Balaban J connectivity index is 2.41. The zero-order valence-corrected chi connectivity index (χ0v) is 13.7. The molecule has 1 aliphatic heterocycles. The van der Waals surface area contributed by atoms with E-state index in [4.69, 9.17) is 0 Å². The van der Waals surface area contributed by atoms with Crippen LogP contribution in [-0.2, 0) is 4.79 Å². The summed E-state index contributed by atoms with van der Waals surface area (Å²) < 4.78 is 0. The van der Waals surface area contributed by atoms with Crippen LogP contribution in [0.3, 0.4) is 0 Å². The van der Waals surface area contributed by atoms with Crippen LogP contribution in [0.25, 0.3) is 0 Å². The lowest BCUT2D eigenvalue weighted by atomic mass is 10.1. The third-order valence-corrected chi connectivity index (χ3v) is 3.79. The van der Waals surface area contributed by atoms with Gasteiger partial charge in [-0.25, -0.2) is 0 Å². The molecule has 1 aliphatic rings. The normalized spacial score (nSPS) is 19.0. The van der Waals surface area contributed by atoms with E-state index in [2.05, 4.69) is 48.2 Å². The minimum Gasteiger partial charge on any atom is -0.342 e. The number of rotatable bonds is 9. The lowest BCUT2D eigenvalue weighted by Crippen LogP contribution is -2.40. The molecular formula is C15H32N4O. The molecule has 1 unspecified atom stereocenters. The third kappa shape index (κ3) is 6.68. The summed E-state index contributed by atoms with van der Waals surface area (Å²) in [6, 6.07) is 0. The van der Waals surface area contributed by atoms with Gasteiger partial charge in [0.25, 0.3) is 0 Å². The van der Waals surface area contributed by atoms with Gasteiger partial charge < -0.3 is 20.0 Å². The molecule has 1 N–H and O–H groups in total. The second-order valence-corrected chi connectivity index (χ2v) is 6.33. The van der Waals surface area contributed by atoms with Crippen LogP contribution in [-0.4, -0.2) is 88.1 Å². The lowest BCUT2D eigenvalue weighted by molar-refractivity contribution is -0.135. The number of carbonyl (C=O) groups is 1. The smallest absolute Gasteiger partial charge is 0.227 e. The van der Waals surface area contributed by atoms with Crippen molar-refractivity contribution < 1.29 is 4.79 Å². The Hall–Kier alpha value is -0.650. The van der Waals surface area contributed by atoms with Crippen LogP contribution in [0.1, 0.15) is 19.3 Å². The highest BCUT2D eigenvalue weighted by molar-refractivity contribution is 5.79. The van der Waals surface area contributed by atoms with Crippen molar-refractivity contribution in [2.24, 2.45) is 5.92 Å². The van der Waals surface area contributed by atoms with Gasteiger partial charge in [-0.3, -0.25) is 4.79 Å². The van der Waals surface area contributed by atoms with Gasteiger partial charge in [-0.05, 0) is 67.1 Å². The molecule has 0 aliphatic carbocycles. The quantitative estimate of drug-likeness (QED) is 0.662. The van der Waals surface area contributed by atoms with Gasteiger partial charge in [0.05, 0.1) is 5.92 Å². The topological polar surface area (TPSA) is 38.8 Å². The Morgan fingerprint density at radius 2 is 1.55 bits per heavy atom.